The second kappa shape index (κ2) is 10.0. The molecule has 1 aliphatic carbocycles. The smallest absolute Gasteiger partial charge is 0.341 e. The first-order chi connectivity index (χ1) is 13.2. The Morgan fingerprint density at radius 2 is 1.93 bits per heavy atom. The average molecular weight is 411 g/mol. The largest absolute Gasteiger partial charge is 0.465 e. The van der Waals surface area contributed by atoms with Gasteiger partial charge in [0.15, 0.2) is 13.1 Å². The van der Waals surface area contributed by atoms with E-state index in [0.717, 1.165) is 34.6 Å². The third-order valence-electron chi connectivity index (χ3n) is 4.92. The van der Waals surface area contributed by atoms with E-state index in [-0.39, 0.29) is 30.9 Å². The zero-order valence-electron chi connectivity index (χ0n) is 17.4. The highest BCUT2D eigenvalue weighted by molar-refractivity contribution is 7.17. The molecule has 1 aliphatic rings. The lowest BCUT2D eigenvalue weighted by atomic mass is 9.88. The molecular formula is C20H32N3O4S+. The number of methoxy groups -OCH3 is 1. The van der Waals surface area contributed by atoms with Gasteiger partial charge in [0, 0.05) is 10.9 Å². The van der Waals surface area contributed by atoms with Crippen molar-refractivity contribution < 1.29 is 24.0 Å². The Morgan fingerprint density at radius 3 is 2.54 bits per heavy atom. The van der Waals surface area contributed by atoms with Gasteiger partial charge in [0.05, 0.1) is 19.2 Å². The van der Waals surface area contributed by atoms with Crippen LogP contribution in [0.1, 0.15) is 54.9 Å². The molecule has 1 aromatic heterocycles. The second-order valence-electron chi connectivity index (χ2n) is 7.77. The number of likely N-dealkylation sites (N-methyl/N-ethyl adjacent to an activating group) is 1. The van der Waals surface area contributed by atoms with Crippen molar-refractivity contribution in [3.05, 3.63) is 16.0 Å². The summed E-state index contributed by atoms with van der Waals surface area (Å²) in [6, 6.07) is 0.0712. The Bertz CT molecular complexity index is 729. The highest BCUT2D eigenvalue weighted by Gasteiger charge is 2.29. The number of ether oxygens (including phenoxy) is 1. The van der Waals surface area contributed by atoms with Crippen LogP contribution in [0.3, 0.4) is 0 Å². The van der Waals surface area contributed by atoms with Gasteiger partial charge in [0.2, 0.25) is 0 Å². The Kier molecular flexibility index (Phi) is 8.00. The van der Waals surface area contributed by atoms with E-state index < -0.39 is 5.97 Å². The van der Waals surface area contributed by atoms with Gasteiger partial charge in [-0.15, -0.1) is 11.3 Å². The number of rotatable bonds is 8. The molecule has 0 fully saturated rings. The number of carbonyl (C=O) groups is 3. The molecular weight excluding hydrogens is 378 g/mol. The number of esters is 1. The summed E-state index contributed by atoms with van der Waals surface area (Å²) in [6.07, 6.45) is 2.77. The number of thiophene rings is 1. The van der Waals surface area contributed by atoms with Crippen LogP contribution in [0.25, 0.3) is 0 Å². The predicted octanol–water partition coefficient (Wildman–Crippen LogP) is 1.03. The van der Waals surface area contributed by atoms with Crippen LogP contribution in [0.4, 0.5) is 5.00 Å². The number of amides is 2. The van der Waals surface area contributed by atoms with Crippen molar-refractivity contribution in [1.82, 2.24) is 5.32 Å². The van der Waals surface area contributed by atoms with Crippen molar-refractivity contribution >= 4 is 34.1 Å². The maximum atomic E-state index is 12.6. The standard InChI is InChI=1S/C20H31N3O4S/c1-6-23(10-16(24)21-12(2)3)11-17(25)22-19-18(20(26)27-5)14-8-7-13(4)9-15(14)28-19/h12-13H,6-11H2,1-5H3,(H,21,24)(H,22,25)/p+1/t13-/m0/s1. The van der Waals surface area contributed by atoms with Crippen LogP contribution in [0.2, 0.25) is 0 Å². The van der Waals surface area contributed by atoms with Gasteiger partial charge in [0.25, 0.3) is 11.8 Å². The van der Waals surface area contributed by atoms with E-state index in [4.69, 9.17) is 4.74 Å². The van der Waals surface area contributed by atoms with Crippen molar-refractivity contribution in [3.8, 4) is 0 Å². The number of hydrogen-bond donors (Lipinski definition) is 3. The number of nitrogens with one attached hydrogen (secondary N) is 3. The fraction of sp³-hybridized carbons (Fsp3) is 0.650. The SMILES string of the molecule is CC[NH+](CC(=O)Nc1sc2c(c1C(=O)OC)CC[C@H](C)C2)CC(=O)NC(C)C. The molecule has 28 heavy (non-hydrogen) atoms. The Morgan fingerprint density at radius 1 is 1.25 bits per heavy atom. The quantitative estimate of drug-likeness (QED) is 0.559. The number of fused-ring (bicyclic) bond motifs is 1. The molecule has 1 heterocycles. The summed E-state index contributed by atoms with van der Waals surface area (Å²) < 4.78 is 4.96. The van der Waals surface area contributed by atoms with Crippen molar-refractivity contribution in [2.24, 2.45) is 5.92 Å². The first-order valence-corrected chi connectivity index (χ1v) is 10.7. The minimum atomic E-state index is -0.404. The Balaban J connectivity index is 2.10. The van der Waals surface area contributed by atoms with Gasteiger partial charge in [-0.3, -0.25) is 9.59 Å². The van der Waals surface area contributed by atoms with Crippen LogP contribution < -0.4 is 15.5 Å². The Hall–Kier alpha value is -1.93. The molecule has 0 aromatic carbocycles. The molecule has 0 saturated heterocycles. The molecule has 1 unspecified atom stereocenters. The average Bonchev–Trinajstić information content (AvgIpc) is 2.96. The first kappa shape index (κ1) is 22.4. The number of quaternary nitrogens is 1. The molecule has 0 bridgehead atoms. The van der Waals surface area contributed by atoms with Crippen molar-refractivity contribution in [2.75, 3.05) is 32.1 Å². The highest BCUT2D eigenvalue weighted by Crippen LogP contribution is 2.39. The highest BCUT2D eigenvalue weighted by atomic mass is 32.1. The van der Waals surface area contributed by atoms with Crippen LogP contribution in [0, 0.1) is 5.92 Å². The summed E-state index contributed by atoms with van der Waals surface area (Å²) in [5, 5.41) is 6.32. The Labute approximate surface area is 170 Å². The summed E-state index contributed by atoms with van der Waals surface area (Å²) in [5.41, 5.74) is 1.51. The molecule has 1 aromatic rings. The third kappa shape index (κ3) is 5.78. The molecule has 0 saturated carbocycles. The van der Waals surface area contributed by atoms with Crippen LogP contribution in [0.15, 0.2) is 0 Å². The fourth-order valence-electron chi connectivity index (χ4n) is 3.47. The topological polar surface area (TPSA) is 88.9 Å². The zero-order chi connectivity index (χ0) is 20.8. The van der Waals surface area contributed by atoms with Gasteiger partial charge in [-0.2, -0.15) is 0 Å². The summed E-state index contributed by atoms with van der Waals surface area (Å²) in [5.74, 6) is -0.112. The first-order valence-electron chi connectivity index (χ1n) is 9.90. The van der Waals surface area contributed by atoms with Crippen molar-refractivity contribution in [2.45, 2.75) is 53.0 Å². The molecule has 0 radical (unpaired) electrons. The molecule has 156 valence electrons. The second-order valence-corrected chi connectivity index (χ2v) is 8.88. The van der Waals surface area contributed by atoms with Crippen LogP contribution >= 0.6 is 11.3 Å². The van der Waals surface area contributed by atoms with E-state index in [0.29, 0.717) is 23.0 Å². The molecule has 3 N–H and O–H groups in total. The van der Waals surface area contributed by atoms with E-state index in [1.165, 1.54) is 18.4 Å². The maximum Gasteiger partial charge on any atom is 0.341 e. The van der Waals surface area contributed by atoms with E-state index in [1.807, 2.05) is 20.8 Å². The van der Waals surface area contributed by atoms with Gasteiger partial charge in [-0.1, -0.05) is 6.92 Å². The van der Waals surface area contributed by atoms with Gasteiger partial charge in [0.1, 0.15) is 5.00 Å². The van der Waals surface area contributed by atoms with Gasteiger partial charge >= 0.3 is 5.97 Å². The van der Waals surface area contributed by atoms with E-state index >= 15 is 0 Å². The minimum Gasteiger partial charge on any atom is -0.465 e. The van der Waals surface area contributed by atoms with Crippen molar-refractivity contribution in [3.63, 3.8) is 0 Å². The van der Waals surface area contributed by atoms with Crippen LogP contribution in [0.5, 0.6) is 0 Å². The number of anilines is 1. The molecule has 8 heteroatoms. The maximum absolute atomic E-state index is 12.6. The normalized spacial score (nSPS) is 17.0. The molecule has 2 amide bonds. The predicted molar refractivity (Wildman–Crippen MR) is 110 cm³/mol. The third-order valence-corrected chi connectivity index (χ3v) is 6.09. The van der Waals surface area contributed by atoms with Gasteiger partial charge in [-0.25, -0.2) is 4.79 Å². The molecule has 7 nitrogen and oxygen atoms in total. The van der Waals surface area contributed by atoms with E-state index in [9.17, 15) is 14.4 Å². The van der Waals surface area contributed by atoms with E-state index in [1.54, 1.807) is 0 Å². The van der Waals surface area contributed by atoms with Crippen molar-refractivity contribution in [1.29, 1.82) is 0 Å². The summed E-state index contributed by atoms with van der Waals surface area (Å²) in [6.45, 7) is 9.01. The zero-order valence-corrected chi connectivity index (χ0v) is 18.3. The van der Waals surface area contributed by atoms with E-state index in [2.05, 4.69) is 17.6 Å². The molecule has 2 rings (SSSR count). The van der Waals surface area contributed by atoms with Crippen LogP contribution in [-0.2, 0) is 27.2 Å². The van der Waals surface area contributed by atoms with Gasteiger partial charge in [-0.05, 0) is 51.5 Å². The molecule has 2 atom stereocenters. The number of carbonyl (C=O) groups excluding carboxylic acids is 3. The fourth-order valence-corrected chi connectivity index (χ4v) is 4.88. The lowest BCUT2D eigenvalue weighted by Crippen LogP contribution is -3.14. The lowest BCUT2D eigenvalue weighted by molar-refractivity contribution is -0.881. The van der Waals surface area contributed by atoms with Gasteiger partial charge < -0.3 is 20.3 Å². The summed E-state index contributed by atoms with van der Waals surface area (Å²) in [4.78, 5) is 39.0. The monoisotopic (exact) mass is 410 g/mol. The lowest BCUT2D eigenvalue weighted by Gasteiger charge is -2.18. The summed E-state index contributed by atoms with van der Waals surface area (Å²) in [7, 11) is 1.36. The molecule has 0 spiro atoms. The summed E-state index contributed by atoms with van der Waals surface area (Å²) >= 11 is 1.47. The van der Waals surface area contributed by atoms with Crippen LogP contribution in [-0.4, -0.2) is 50.6 Å². The number of hydrogen-bond acceptors (Lipinski definition) is 5. The molecule has 0 aliphatic heterocycles. The minimum absolute atomic E-state index is 0.0712.